The molecule has 0 saturated carbocycles. The van der Waals surface area contributed by atoms with Gasteiger partial charge >= 0.3 is 0 Å². The number of hydrogen-bond donors (Lipinski definition) is 0. The Kier molecular flexibility index (Phi) is 5.36. The van der Waals surface area contributed by atoms with Crippen LogP contribution >= 0.6 is 22.9 Å². The molecule has 27 heavy (non-hydrogen) atoms. The van der Waals surface area contributed by atoms with E-state index in [9.17, 15) is 0 Å². The zero-order valence-corrected chi connectivity index (χ0v) is 17.1. The van der Waals surface area contributed by atoms with Gasteiger partial charge in [0, 0.05) is 24.0 Å². The van der Waals surface area contributed by atoms with E-state index in [1.807, 2.05) is 18.2 Å². The summed E-state index contributed by atoms with van der Waals surface area (Å²) in [6.45, 7) is 2.01. The number of rotatable bonds is 4. The monoisotopic (exact) mass is 403 g/mol. The minimum Gasteiger partial charge on any atom is -0.493 e. The van der Waals surface area contributed by atoms with Crippen molar-refractivity contribution >= 4 is 39.0 Å². The minimum absolute atomic E-state index is 0.308. The van der Waals surface area contributed by atoms with Crippen LogP contribution in [0.25, 0.3) is 21.3 Å². The van der Waals surface area contributed by atoms with E-state index in [1.54, 1.807) is 25.6 Å². The van der Waals surface area contributed by atoms with Crippen LogP contribution in [0.4, 0.5) is 5.82 Å². The molecule has 0 bridgehead atoms. The van der Waals surface area contributed by atoms with E-state index in [2.05, 4.69) is 20.2 Å². The molecule has 0 atom stereocenters. The summed E-state index contributed by atoms with van der Waals surface area (Å²) in [6.07, 6.45) is 4.90. The lowest BCUT2D eigenvalue weighted by atomic mass is 10.0. The van der Waals surface area contributed by atoms with Gasteiger partial charge in [-0.25, -0.2) is 4.98 Å². The van der Waals surface area contributed by atoms with Gasteiger partial charge in [-0.15, -0.1) is 11.3 Å². The van der Waals surface area contributed by atoms with Crippen LogP contribution in [0.15, 0.2) is 23.6 Å². The fourth-order valence-corrected chi connectivity index (χ4v) is 4.78. The van der Waals surface area contributed by atoms with E-state index in [0.29, 0.717) is 16.8 Å². The van der Waals surface area contributed by atoms with Crippen molar-refractivity contribution in [3.63, 3.8) is 0 Å². The summed E-state index contributed by atoms with van der Waals surface area (Å²) in [5.41, 5.74) is 2.16. The smallest absolute Gasteiger partial charge is 0.225 e. The van der Waals surface area contributed by atoms with E-state index in [-0.39, 0.29) is 0 Å². The first-order chi connectivity index (χ1) is 13.2. The summed E-state index contributed by atoms with van der Waals surface area (Å²) < 4.78 is 10.9. The second kappa shape index (κ2) is 7.90. The van der Waals surface area contributed by atoms with Crippen molar-refractivity contribution in [1.82, 2.24) is 9.97 Å². The molecule has 142 valence electrons. The van der Waals surface area contributed by atoms with Crippen LogP contribution in [0.3, 0.4) is 0 Å². The van der Waals surface area contributed by atoms with Crippen LogP contribution < -0.4 is 14.4 Å². The van der Waals surface area contributed by atoms with Crippen molar-refractivity contribution in [2.75, 3.05) is 32.2 Å². The molecular formula is C20H22ClN3O2S. The van der Waals surface area contributed by atoms with Crippen molar-refractivity contribution in [2.45, 2.75) is 25.7 Å². The predicted octanol–water partition coefficient (Wildman–Crippen LogP) is 5.41. The van der Waals surface area contributed by atoms with Crippen LogP contribution in [-0.4, -0.2) is 37.3 Å². The Labute approximate surface area is 167 Å². The molecule has 0 unspecified atom stereocenters. The molecule has 1 saturated heterocycles. The molecule has 1 aliphatic rings. The molecule has 0 N–H and O–H groups in total. The minimum atomic E-state index is 0.308. The van der Waals surface area contributed by atoms with Gasteiger partial charge in [-0.2, -0.15) is 4.98 Å². The summed E-state index contributed by atoms with van der Waals surface area (Å²) in [5.74, 6) is 2.37. The first-order valence-corrected chi connectivity index (χ1v) is 10.4. The third-order valence-corrected chi connectivity index (χ3v) is 6.03. The maximum atomic E-state index is 6.25. The molecule has 1 fully saturated rings. The summed E-state index contributed by atoms with van der Waals surface area (Å²) in [5, 5.41) is 3.50. The maximum Gasteiger partial charge on any atom is 0.225 e. The SMILES string of the molecule is COc1ccc(-c2csc3nc(Cl)nc(N4CCCCCC4)c23)cc1OC. The van der Waals surface area contributed by atoms with Crippen molar-refractivity contribution in [3.05, 3.63) is 28.9 Å². The van der Waals surface area contributed by atoms with E-state index < -0.39 is 0 Å². The Morgan fingerprint density at radius 3 is 2.44 bits per heavy atom. The Morgan fingerprint density at radius 2 is 1.74 bits per heavy atom. The van der Waals surface area contributed by atoms with E-state index in [0.717, 1.165) is 40.3 Å². The van der Waals surface area contributed by atoms with Crippen LogP contribution in [0.1, 0.15) is 25.7 Å². The van der Waals surface area contributed by atoms with Crippen LogP contribution in [0.2, 0.25) is 5.28 Å². The molecule has 1 aromatic carbocycles. The van der Waals surface area contributed by atoms with Gasteiger partial charge in [0.15, 0.2) is 11.5 Å². The average molecular weight is 404 g/mol. The summed E-state index contributed by atoms with van der Waals surface area (Å²) in [7, 11) is 3.30. The van der Waals surface area contributed by atoms with Crippen molar-refractivity contribution in [1.29, 1.82) is 0 Å². The Balaban J connectivity index is 1.87. The molecule has 2 aromatic heterocycles. The highest BCUT2D eigenvalue weighted by molar-refractivity contribution is 7.17. The number of ether oxygens (including phenoxy) is 2. The zero-order chi connectivity index (χ0) is 18.8. The zero-order valence-electron chi connectivity index (χ0n) is 15.5. The third-order valence-electron chi connectivity index (χ3n) is 4.99. The number of aromatic nitrogens is 2. The quantitative estimate of drug-likeness (QED) is 0.545. The van der Waals surface area contributed by atoms with Gasteiger partial charge in [0.1, 0.15) is 10.6 Å². The first-order valence-electron chi connectivity index (χ1n) is 9.13. The lowest BCUT2D eigenvalue weighted by Crippen LogP contribution is -2.25. The molecule has 3 aromatic rings. The number of fused-ring (bicyclic) bond motifs is 1. The van der Waals surface area contributed by atoms with Crippen molar-refractivity contribution < 1.29 is 9.47 Å². The lowest BCUT2D eigenvalue weighted by molar-refractivity contribution is 0.355. The lowest BCUT2D eigenvalue weighted by Gasteiger charge is -2.23. The number of anilines is 1. The molecular weight excluding hydrogens is 382 g/mol. The highest BCUT2D eigenvalue weighted by Gasteiger charge is 2.21. The highest BCUT2D eigenvalue weighted by atomic mass is 35.5. The van der Waals surface area contributed by atoms with Crippen molar-refractivity contribution in [2.24, 2.45) is 0 Å². The Hall–Kier alpha value is -2.05. The van der Waals surface area contributed by atoms with Gasteiger partial charge in [0.2, 0.25) is 5.28 Å². The number of methoxy groups -OCH3 is 2. The number of halogens is 1. The highest BCUT2D eigenvalue weighted by Crippen LogP contribution is 2.41. The van der Waals surface area contributed by atoms with Crippen LogP contribution in [0, 0.1) is 0 Å². The summed E-state index contributed by atoms with van der Waals surface area (Å²) in [6, 6.07) is 5.98. The Morgan fingerprint density at radius 1 is 1.00 bits per heavy atom. The number of thiophene rings is 1. The van der Waals surface area contributed by atoms with Crippen LogP contribution in [0.5, 0.6) is 11.5 Å². The second-order valence-electron chi connectivity index (χ2n) is 6.62. The van der Waals surface area contributed by atoms with Gasteiger partial charge in [-0.05, 0) is 42.1 Å². The molecule has 1 aliphatic heterocycles. The van der Waals surface area contributed by atoms with Gasteiger partial charge < -0.3 is 14.4 Å². The topological polar surface area (TPSA) is 47.5 Å². The summed E-state index contributed by atoms with van der Waals surface area (Å²) in [4.78, 5) is 12.4. The fraction of sp³-hybridized carbons (Fsp3) is 0.400. The molecule has 7 heteroatoms. The van der Waals surface area contributed by atoms with Crippen LogP contribution in [-0.2, 0) is 0 Å². The standard InChI is InChI=1S/C20H22ClN3O2S/c1-25-15-8-7-13(11-16(15)26-2)14-12-27-19-17(14)18(22-20(21)23-19)24-9-5-3-4-6-10-24/h7-8,11-12H,3-6,9-10H2,1-2H3. The van der Waals surface area contributed by atoms with Gasteiger partial charge in [-0.1, -0.05) is 18.9 Å². The molecule has 4 rings (SSSR count). The normalized spacial score (nSPS) is 15.0. The molecule has 0 spiro atoms. The fourth-order valence-electron chi connectivity index (χ4n) is 3.63. The first kappa shape index (κ1) is 18.3. The average Bonchev–Trinajstić information content (AvgIpc) is 2.92. The third kappa shape index (κ3) is 3.56. The van der Waals surface area contributed by atoms with E-state index in [4.69, 9.17) is 21.1 Å². The Bertz CT molecular complexity index is 952. The van der Waals surface area contributed by atoms with Crippen molar-refractivity contribution in [3.8, 4) is 22.6 Å². The largest absolute Gasteiger partial charge is 0.493 e. The van der Waals surface area contributed by atoms with E-state index in [1.165, 1.54) is 25.7 Å². The number of hydrogen-bond acceptors (Lipinski definition) is 6. The molecule has 3 heterocycles. The number of nitrogens with zero attached hydrogens (tertiary/aromatic N) is 3. The maximum absolute atomic E-state index is 6.25. The van der Waals surface area contributed by atoms with Gasteiger partial charge in [-0.3, -0.25) is 0 Å². The molecule has 0 amide bonds. The predicted molar refractivity (Wildman–Crippen MR) is 112 cm³/mol. The molecule has 0 aliphatic carbocycles. The van der Waals surface area contributed by atoms with Gasteiger partial charge in [0.25, 0.3) is 0 Å². The number of benzene rings is 1. The second-order valence-corrected chi connectivity index (χ2v) is 7.81. The molecule has 5 nitrogen and oxygen atoms in total. The molecule has 0 radical (unpaired) electrons. The van der Waals surface area contributed by atoms with Gasteiger partial charge in [0.05, 0.1) is 19.6 Å². The van der Waals surface area contributed by atoms with E-state index >= 15 is 0 Å². The summed E-state index contributed by atoms with van der Waals surface area (Å²) >= 11 is 7.84.